The third kappa shape index (κ3) is 2.99. The number of nitrogens with zero attached hydrogens (tertiary/aromatic N) is 2. The second-order valence-corrected chi connectivity index (χ2v) is 7.33. The van der Waals surface area contributed by atoms with Crippen molar-refractivity contribution in [3.63, 3.8) is 0 Å². The van der Waals surface area contributed by atoms with Crippen molar-refractivity contribution in [3.05, 3.63) is 11.9 Å². The van der Waals surface area contributed by atoms with Gasteiger partial charge in [-0.15, -0.1) is 0 Å². The molecule has 3 aliphatic rings. The Morgan fingerprint density at radius 1 is 1.38 bits per heavy atom. The quantitative estimate of drug-likeness (QED) is 0.923. The molecule has 1 spiro atoms. The van der Waals surface area contributed by atoms with Gasteiger partial charge in [-0.2, -0.15) is 0 Å². The molecule has 0 aliphatic carbocycles. The summed E-state index contributed by atoms with van der Waals surface area (Å²) in [5.74, 6) is 1.17. The summed E-state index contributed by atoms with van der Waals surface area (Å²) in [6, 6.07) is 0.543. The zero-order valence-corrected chi connectivity index (χ0v) is 13.2. The van der Waals surface area contributed by atoms with E-state index in [9.17, 15) is 0 Å². The monoisotopic (exact) mass is 309 g/mol. The lowest BCUT2D eigenvalue weighted by Crippen LogP contribution is -2.49. The molecule has 21 heavy (non-hydrogen) atoms. The van der Waals surface area contributed by atoms with Crippen molar-refractivity contribution in [3.8, 4) is 0 Å². The number of thioether (sulfide) groups is 1. The number of nitrogens with one attached hydrogen (secondary N) is 1. The predicted octanol–water partition coefficient (Wildman–Crippen LogP) is 1.81. The minimum atomic E-state index is 0.0694. The summed E-state index contributed by atoms with van der Waals surface area (Å²) in [5.41, 5.74) is 1.24. The second-order valence-electron chi connectivity index (χ2n) is 6.27. The standard InChI is InChI=1S/C15H23N3O2S/c1-5-20-15(2-6-19-7-3-15)9-12(1)16-10-13-11-18-4-8-21-14(18)17-13/h11-12,16H,1-10H2. The van der Waals surface area contributed by atoms with E-state index < -0.39 is 0 Å². The number of aromatic nitrogens is 2. The maximum atomic E-state index is 6.10. The Labute approximate surface area is 129 Å². The van der Waals surface area contributed by atoms with E-state index in [-0.39, 0.29) is 5.60 Å². The number of imidazole rings is 1. The average molecular weight is 309 g/mol. The largest absolute Gasteiger partial charge is 0.381 e. The van der Waals surface area contributed by atoms with Gasteiger partial charge in [0.1, 0.15) is 0 Å². The highest BCUT2D eigenvalue weighted by Crippen LogP contribution is 2.34. The molecule has 0 bridgehead atoms. The lowest BCUT2D eigenvalue weighted by atomic mass is 9.84. The summed E-state index contributed by atoms with van der Waals surface area (Å²) >= 11 is 1.86. The number of rotatable bonds is 3. The number of hydrogen-bond acceptors (Lipinski definition) is 5. The van der Waals surface area contributed by atoms with Crippen LogP contribution in [-0.4, -0.2) is 46.8 Å². The fourth-order valence-electron chi connectivity index (χ4n) is 3.59. The van der Waals surface area contributed by atoms with E-state index in [0.29, 0.717) is 6.04 Å². The van der Waals surface area contributed by atoms with E-state index in [2.05, 4.69) is 16.1 Å². The topological polar surface area (TPSA) is 48.3 Å². The lowest BCUT2D eigenvalue weighted by Gasteiger charge is -2.43. The first kappa shape index (κ1) is 14.1. The molecule has 0 aromatic carbocycles. The smallest absolute Gasteiger partial charge is 0.168 e. The minimum Gasteiger partial charge on any atom is -0.381 e. The normalized spacial score (nSPS) is 27.9. The number of aryl methyl sites for hydroxylation is 1. The van der Waals surface area contributed by atoms with Crippen LogP contribution in [0, 0.1) is 0 Å². The first-order chi connectivity index (χ1) is 10.3. The Bertz CT molecular complexity index is 472. The number of hydrogen-bond donors (Lipinski definition) is 1. The number of ether oxygens (including phenoxy) is 2. The Hall–Kier alpha value is -0.560. The summed E-state index contributed by atoms with van der Waals surface area (Å²) in [6.45, 7) is 4.54. The molecule has 1 aromatic heterocycles. The molecule has 0 radical (unpaired) electrons. The summed E-state index contributed by atoms with van der Waals surface area (Å²) < 4.78 is 13.8. The van der Waals surface area contributed by atoms with Gasteiger partial charge in [0, 0.05) is 50.9 Å². The van der Waals surface area contributed by atoms with E-state index in [1.54, 1.807) is 0 Å². The molecule has 0 amide bonds. The summed E-state index contributed by atoms with van der Waals surface area (Å²) in [6.07, 6.45) is 6.50. The molecule has 1 atom stereocenters. The van der Waals surface area contributed by atoms with E-state index >= 15 is 0 Å². The van der Waals surface area contributed by atoms with Crippen LogP contribution < -0.4 is 5.32 Å². The molecule has 1 aromatic rings. The average Bonchev–Trinajstić information content (AvgIpc) is 3.07. The Morgan fingerprint density at radius 2 is 2.29 bits per heavy atom. The van der Waals surface area contributed by atoms with Gasteiger partial charge < -0.3 is 19.4 Å². The SMILES string of the molecule is c1c(CNC2CCOC3(CCOCC3)C2)nc2n1CCS2. The fraction of sp³-hybridized carbons (Fsp3) is 0.800. The van der Waals surface area contributed by atoms with Crippen LogP contribution in [0.15, 0.2) is 11.4 Å². The van der Waals surface area contributed by atoms with Gasteiger partial charge in [0.05, 0.1) is 11.3 Å². The van der Waals surface area contributed by atoms with Crippen molar-refractivity contribution in [2.75, 3.05) is 25.6 Å². The molecular weight excluding hydrogens is 286 g/mol. The summed E-state index contributed by atoms with van der Waals surface area (Å²) in [7, 11) is 0. The summed E-state index contributed by atoms with van der Waals surface area (Å²) in [4.78, 5) is 4.69. The highest BCUT2D eigenvalue weighted by molar-refractivity contribution is 7.99. The lowest BCUT2D eigenvalue weighted by molar-refractivity contribution is -0.140. The molecule has 2 fully saturated rings. The van der Waals surface area contributed by atoms with Gasteiger partial charge in [0.25, 0.3) is 0 Å². The molecule has 1 N–H and O–H groups in total. The molecule has 3 aliphatic heterocycles. The number of fused-ring (bicyclic) bond motifs is 1. The molecule has 4 rings (SSSR count). The molecule has 116 valence electrons. The highest BCUT2D eigenvalue weighted by Gasteiger charge is 2.38. The zero-order chi connectivity index (χ0) is 14.1. The molecule has 4 heterocycles. The van der Waals surface area contributed by atoms with Crippen LogP contribution in [0.2, 0.25) is 0 Å². The zero-order valence-electron chi connectivity index (χ0n) is 12.3. The Kier molecular flexibility index (Phi) is 3.96. The maximum Gasteiger partial charge on any atom is 0.168 e. The van der Waals surface area contributed by atoms with Crippen LogP contribution in [0.4, 0.5) is 0 Å². The maximum absolute atomic E-state index is 6.10. The van der Waals surface area contributed by atoms with Gasteiger partial charge >= 0.3 is 0 Å². The van der Waals surface area contributed by atoms with E-state index in [1.807, 2.05) is 11.8 Å². The first-order valence-electron chi connectivity index (χ1n) is 7.97. The third-order valence-electron chi connectivity index (χ3n) is 4.82. The molecule has 5 nitrogen and oxygen atoms in total. The van der Waals surface area contributed by atoms with Crippen LogP contribution >= 0.6 is 11.8 Å². The molecule has 6 heteroatoms. The van der Waals surface area contributed by atoms with Gasteiger partial charge in [0.2, 0.25) is 0 Å². The van der Waals surface area contributed by atoms with Crippen LogP contribution in [0.3, 0.4) is 0 Å². The molecular formula is C15H23N3O2S. The van der Waals surface area contributed by atoms with Crippen LogP contribution in [0.25, 0.3) is 0 Å². The minimum absolute atomic E-state index is 0.0694. The van der Waals surface area contributed by atoms with E-state index in [4.69, 9.17) is 14.5 Å². The van der Waals surface area contributed by atoms with Crippen molar-refractivity contribution >= 4 is 11.8 Å². The van der Waals surface area contributed by atoms with Crippen LogP contribution in [-0.2, 0) is 22.6 Å². The third-order valence-corrected chi connectivity index (χ3v) is 5.79. The second kappa shape index (κ2) is 5.91. The first-order valence-corrected chi connectivity index (χ1v) is 8.96. The Balaban J connectivity index is 1.33. The van der Waals surface area contributed by atoms with Crippen molar-refractivity contribution in [2.24, 2.45) is 0 Å². The Morgan fingerprint density at radius 3 is 3.14 bits per heavy atom. The van der Waals surface area contributed by atoms with Crippen LogP contribution in [0.5, 0.6) is 0 Å². The van der Waals surface area contributed by atoms with Crippen molar-refractivity contribution in [1.82, 2.24) is 14.9 Å². The summed E-state index contributed by atoms with van der Waals surface area (Å²) in [5, 5.41) is 4.87. The van der Waals surface area contributed by atoms with E-state index in [1.165, 1.54) is 16.6 Å². The highest BCUT2D eigenvalue weighted by atomic mass is 32.2. The van der Waals surface area contributed by atoms with Crippen molar-refractivity contribution in [1.29, 1.82) is 0 Å². The molecule has 0 saturated carbocycles. The van der Waals surface area contributed by atoms with E-state index in [0.717, 1.165) is 58.6 Å². The van der Waals surface area contributed by atoms with Gasteiger partial charge in [0.15, 0.2) is 5.16 Å². The molecule has 2 saturated heterocycles. The van der Waals surface area contributed by atoms with Gasteiger partial charge in [-0.1, -0.05) is 11.8 Å². The van der Waals surface area contributed by atoms with Gasteiger partial charge in [-0.05, 0) is 25.7 Å². The van der Waals surface area contributed by atoms with Gasteiger partial charge in [-0.3, -0.25) is 0 Å². The fourth-order valence-corrected chi connectivity index (χ4v) is 4.55. The van der Waals surface area contributed by atoms with Crippen molar-refractivity contribution < 1.29 is 9.47 Å². The van der Waals surface area contributed by atoms with Gasteiger partial charge in [-0.25, -0.2) is 4.98 Å². The molecule has 1 unspecified atom stereocenters. The predicted molar refractivity (Wildman–Crippen MR) is 81.5 cm³/mol. The van der Waals surface area contributed by atoms with Crippen LogP contribution in [0.1, 0.15) is 31.4 Å². The van der Waals surface area contributed by atoms with Crippen molar-refractivity contribution in [2.45, 2.75) is 55.6 Å².